The Kier molecular flexibility index (Phi) is 9.02. The van der Waals surface area contributed by atoms with E-state index in [-0.39, 0.29) is 12.3 Å². The number of carbonyl (C=O) groups excluding carboxylic acids is 3. The zero-order valence-electron chi connectivity index (χ0n) is 22.2. The van der Waals surface area contributed by atoms with Crippen molar-refractivity contribution in [1.29, 1.82) is 0 Å². The number of likely N-dealkylation sites (N-methyl/N-ethyl adjacent to an activating group) is 1. The zero-order valence-corrected chi connectivity index (χ0v) is 23.1. The van der Waals surface area contributed by atoms with Crippen LogP contribution in [-0.2, 0) is 20.8 Å². The first kappa shape index (κ1) is 28.7. The van der Waals surface area contributed by atoms with E-state index < -0.39 is 52.5 Å². The molecular formula is C28H37FN4O3S. The van der Waals surface area contributed by atoms with Gasteiger partial charge >= 0.3 is 0 Å². The number of thioether (sulfide) groups is 1. The number of benzene rings is 2. The highest BCUT2D eigenvalue weighted by Crippen LogP contribution is 2.44. The number of primary amides is 1. The lowest BCUT2D eigenvalue weighted by Crippen LogP contribution is -2.64. The molecule has 4 N–H and O–H groups in total. The molecule has 9 heteroatoms. The molecule has 0 fully saturated rings. The predicted octanol–water partition coefficient (Wildman–Crippen LogP) is 3.14. The van der Waals surface area contributed by atoms with Gasteiger partial charge in [0.25, 0.3) is 0 Å². The SMILES string of the molecule is CN[C@@H](C)C(=O)N[C@H](C(=O)N1C(C(N)=O)Cc2ccccc2C1[C@H](C)c1ccccc1F)C(C)(C)SC. The highest BCUT2D eigenvalue weighted by atomic mass is 32.2. The average molecular weight is 529 g/mol. The summed E-state index contributed by atoms with van der Waals surface area (Å²) >= 11 is 1.43. The number of hydrogen-bond acceptors (Lipinski definition) is 5. The molecule has 0 radical (unpaired) electrons. The topological polar surface area (TPSA) is 105 Å². The number of halogens is 1. The fourth-order valence-electron chi connectivity index (χ4n) is 4.91. The Bertz CT molecular complexity index is 1160. The van der Waals surface area contributed by atoms with Crippen LogP contribution in [0.5, 0.6) is 0 Å². The summed E-state index contributed by atoms with van der Waals surface area (Å²) in [6, 6.07) is 10.9. The van der Waals surface area contributed by atoms with Crippen LogP contribution in [0.3, 0.4) is 0 Å². The number of rotatable bonds is 9. The van der Waals surface area contributed by atoms with Gasteiger partial charge in [-0.3, -0.25) is 14.4 Å². The number of nitrogens with two attached hydrogens (primary N) is 1. The Balaban J connectivity index is 2.20. The van der Waals surface area contributed by atoms with Crippen molar-refractivity contribution in [3.05, 3.63) is 71.0 Å². The van der Waals surface area contributed by atoms with E-state index in [0.29, 0.717) is 5.56 Å². The molecule has 2 aromatic carbocycles. The van der Waals surface area contributed by atoms with Crippen molar-refractivity contribution in [2.45, 2.75) is 68.9 Å². The summed E-state index contributed by atoms with van der Waals surface area (Å²) in [4.78, 5) is 41.7. The third kappa shape index (κ3) is 5.83. The van der Waals surface area contributed by atoms with E-state index in [1.165, 1.54) is 22.7 Å². The molecule has 1 aliphatic heterocycles. The van der Waals surface area contributed by atoms with E-state index in [1.54, 1.807) is 32.2 Å². The average Bonchev–Trinajstić information content (AvgIpc) is 2.89. The van der Waals surface area contributed by atoms with Gasteiger partial charge in [0.05, 0.1) is 12.1 Å². The molecule has 5 atom stereocenters. The molecule has 2 aromatic rings. The molecule has 0 bridgehead atoms. The first-order chi connectivity index (χ1) is 17.4. The summed E-state index contributed by atoms with van der Waals surface area (Å²) < 4.78 is 14.3. The molecule has 1 aliphatic rings. The number of nitrogens with zero attached hydrogens (tertiary/aromatic N) is 1. The van der Waals surface area contributed by atoms with Crippen molar-refractivity contribution in [3.8, 4) is 0 Å². The highest BCUT2D eigenvalue weighted by Gasteiger charge is 2.48. The molecule has 7 nitrogen and oxygen atoms in total. The van der Waals surface area contributed by atoms with Crippen LogP contribution in [0.2, 0.25) is 0 Å². The maximum Gasteiger partial charge on any atom is 0.247 e. The molecule has 37 heavy (non-hydrogen) atoms. The van der Waals surface area contributed by atoms with Crippen molar-refractivity contribution < 1.29 is 18.8 Å². The van der Waals surface area contributed by atoms with Crippen molar-refractivity contribution >= 4 is 29.5 Å². The minimum absolute atomic E-state index is 0.241. The number of fused-ring (bicyclic) bond motifs is 1. The van der Waals surface area contributed by atoms with Gasteiger partial charge in [0.2, 0.25) is 17.7 Å². The lowest BCUT2D eigenvalue weighted by Gasteiger charge is -2.47. The normalized spacial score (nSPS) is 19.9. The monoisotopic (exact) mass is 528 g/mol. The summed E-state index contributed by atoms with van der Waals surface area (Å²) in [6.45, 7) is 7.29. The van der Waals surface area contributed by atoms with Crippen LogP contribution < -0.4 is 16.4 Å². The van der Waals surface area contributed by atoms with Crippen LogP contribution in [-0.4, -0.2) is 58.8 Å². The predicted molar refractivity (Wildman–Crippen MR) is 146 cm³/mol. The molecule has 0 spiro atoms. The summed E-state index contributed by atoms with van der Waals surface area (Å²) in [5.41, 5.74) is 8.04. The second kappa shape index (κ2) is 11.6. The van der Waals surface area contributed by atoms with Gasteiger partial charge in [0, 0.05) is 17.1 Å². The fraction of sp³-hybridized carbons (Fsp3) is 0.464. The Morgan fingerprint density at radius 2 is 1.73 bits per heavy atom. The Morgan fingerprint density at radius 1 is 1.11 bits per heavy atom. The van der Waals surface area contributed by atoms with E-state index in [1.807, 2.05) is 51.3 Å². The first-order valence-corrected chi connectivity index (χ1v) is 13.6. The third-order valence-corrected chi connectivity index (χ3v) is 8.74. The van der Waals surface area contributed by atoms with Gasteiger partial charge in [-0.1, -0.05) is 49.4 Å². The van der Waals surface area contributed by atoms with Gasteiger partial charge in [-0.15, -0.1) is 0 Å². The van der Waals surface area contributed by atoms with E-state index >= 15 is 0 Å². The lowest BCUT2D eigenvalue weighted by molar-refractivity contribution is -0.147. The maximum atomic E-state index is 15.0. The molecule has 0 saturated heterocycles. The molecule has 2 unspecified atom stereocenters. The summed E-state index contributed by atoms with van der Waals surface area (Å²) in [7, 11) is 1.66. The Labute approximate surface area is 222 Å². The Hall–Kier alpha value is -2.91. The lowest BCUT2D eigenvalue weighted by atomic mass is 9.78. The van der Waals surface area contributed by atoms with Gasteiger partial charge in [-0.25, -0.2) is 4.39 Å². The van der Waals surface area contributed by atoms with Crippen LogP contribution in [0.4, 0.5) is 4.39 Å². The number of amides is 3. The third-order valence-electron chi connectivity index (χ3n) is 7.46. The number of nitrogens with one attached hydrogen (secondary N) is 2. The van der Waals surface area contributed by atoms with Crippen molar-refractivity contribution in [2.24, 2.45) is 5.73 Å². The second-order valence-electron chi connectivity index (χ2n) is 10.1. The van der Waals surface area contributed by atoms with E-state index in [9.17, 15) is 18.8 Å². The molecule has 1 heterocycles. The van der Waals surface area contributed by atoms with Gasteiger partial charge < -0.3 is 21.3 Å². The minimum Gasteiger partial charge on any atom is -0.368 e. The van der Waals surface area contributed by atoms with Gasteiger partial charge in [-0.05, 0) is 56.8 Å². The molecule has 3 amide bonds. The van der Waals surface area contributed by atoms with Crippen molar-refractivity contribution in [1.82, 2.24) is 15.5 Å². The quantitative estimate of drug-likeness (QED) is 0.464. The van der Waals surface area contributed by atoms with E-state index in [2.05, 4.69) is 10.6 Å². The Morgan fingerprint density at radius 3 is 2.32 bits per heavy atom. The van der Waals surface area contributed by atoms with Gasteiger partial charge in [0.15, 0.2) is 0 Å². The summed E-state index contributed by atoms with van der Waals surface area (Å²) in [6.07, 6.45) is 2.11. The van der Waals surface area contributed by atoms with Crippen LogP contribution in [0.1, 0.15) is 56.3 Å². The number of carbonyl (C=O) groups is 3. The largest absolute Gasteiger partial charge is 0.368 e. The number of hydrogen-bond donors (Lipinski definition) is 3. The van der Waals surface area contributed by atoms with Crippen LogP contribution in [0.25, 0.3) is 0 Å². The smallest absolute Gasteiger partial charge is 0.247 e. The second-order valence-corrected chi connectivity index (χ2v) is 11.5. The maximum absolute atomic E-state index is 15.0. The van der Waals surface area contributed by atoms with Crippen LogP contribution in [0.15, 0.2) is 48.5 Å². The first-order valence-electron chi connectivity index (χ1n) is 12.4. The minimum atomic E-state index is -0.965. The van der Waals surface area contributed by atoms with Crippen molar-refractivity contribution in [3.63, 3.8) is 0 Å². The van der Waals surface area contributed by atoms with Gasteiger partial charge in [0.1, 0.15) is 17.9 Å². The van der Waals surface area contributed by atoms with Gasteiger partial charge in [-0.2, -0.15) is 11.8 Å². The highest BCUT2D eigenvalue weighted by molar-refractivity contribution is 8.00. The summed E-state index contributed by atoms with van der Waals surface area (Å²) in [5, 5.41) is 5.80. The molecular weight excluding hydrogens is 491 g/mol. The standard InChI is InChI=1S/C28H37FN4O3S/c1-16(19-12-9-10-14-21(19)29)23-20-13-8-7-11-18(20)15-22(25(30)34)33(23)27(36)24(28(3,4)37-6)32-26(35)17(2)31-5/h7-14,16-17,22-24,31H,15H2,1-6H3,(H2,30,34)(H,32,35)/t16-,17+,22?,23?,24-/m1/s1. The molecule has 0 saturated carbocycles. The molecule has 200 valence electrons. The summed E-state index contributed by atoms with van der Waals surface area (Å²) in [5.74, 6) is -2.31. The fourth-order valence-corrected chi connectivity index (χ4v) is 5.31. The molecule has 3 rings (SSSR count). The molecule has 0 aliphatic carbocycles. The van der Waals surface area contributed by atoms with Crippen molar-refractivity contribution in [2.75, 3.05) is 13.3 Å². The molecule has 0 aromatic heterocycles. The van der Waals surface area contributed by atoms with Crippen LogP contribution in [0, 0.1) is 5.82 Å². The van der Waals surface area contributed by atoms with E-state index in [4.69, 9.17) is 5.73 Å². The van der Waals surface area contributed by atoms with Crippen LogP contribution >= 0.6 is 11.8 Å². The zero-order chi connectivity index (χ0) is 27.5. The van der Waals surface area contributed by atoms with E-state index in [0.717, 1.165) is 11.1 Å².